The average Bonchev–Trinajstić information content (AvgIpc) is 3.07. The number of hydrogen-bond donors (Lipinski definition) is 2. The van der Waals surface area contributed by atoms with Gasteiger partial charge in [-0.05, 0) is 38.2 Å². The summed E-state index contributed by atoms with van der Waals surface area (Å²) < 4.78 is 0. The van der Waals surface area contributed by atoms with E-state index >= 15 is 0 Å². The smallest absolute Gasteiger partial charge is 0.240 e. The summed E-state index contributed by atoms with van der Waals surface area (Å²) in [6, 6.07) is 10.5. The maximum atomic E-state index is 11.7. The lowest BCUT2D eigenvalue weighted by molar-refractivity contribution is -0.123. The van der Waals surface area contributed by atoms with Crippen molar-refractivity contribution < 1.29 is 4.79 Å². The molecule has 1 aliphatic carbocycles. The zero-order chi connectivity index (χ0) is 12.3. The number of carbonyl (C=O) groups excluding carboxylic acids is 1. The van der Waals surface area contributed by atoms with Gasteiger partial charge in [0.25, 0.3) is 0 Å². The molecule has 1 aromatic rings. The fraction of sp³-hybridized carbons (Fsp3) is 0.500. The summed E-state index contributed by atoms with van der Waals surface area (Å²) in [5, 5.41) is 2.99. The molecule has 0 saturated heterocycles. The lowest BCUT2D eigenvalue weighted by Crippen LogP contribution is -2.46. The maximum absolute atomic E-state index is 11.7. The molecule has 0 bridgehead atoms. The number of aryl methyl sites for hydroxylation is 1. The van der Waals surface area contributed by atoms with Gasteiger partial charge in [-0.2, -0.15) is 0 Å². The van der Waals surface area contributed by atoms with Gasteiger partial charge in [0.1, 0.15) is 0 Å². The molecule has 3 heteroatoms. The Bertz CT molecular complexity index is 384. The van der Waals surface area contributed by atoms with Crippen molar-refractivity contribution in [3.8, 4) is 0 Å². The van der Waals surface area contributed by atoms with Crippen LogP contribution in [-0.2, 0) is 11.2 Å². The monoisotopic (exact) mass is 232 g/mol. The molecule has 1 aliphatic rings. The first-order chi connectivity index (χ1) is 8.10. The van der Waals surface area contributed by atoms with Gasteiger partial charge < -0.3 is 11.1 Å². The van der Waals surface area contributed by atoms with Crippen molar-refractivity contribution in [2.24, 2.45) is 5.73 Å². The van der Waals surface area contributed by atoms with Crippen molar-refractivity contribution >= 4 is 5.91 Å². The lowest BCUT2D eigenvalue weighted by Gasteiger charge is -2.16. The number of nitrogens with two attached hydrogens (primary N) is 1. The van der Waals surface area contributed by atoms with Gasteiger partial charge in [-0.25, -0.2) is 0 Å². The van der Waals surface area contributed by atoms with Gasteiger partial charge in [0.2, 0.25) is 5.91 Å². The van der Waals surface area contributed by atoms with Gasteiger partial charge >= 0.3 is 0 Å². The normalized spacial score (nSPS) is 18.5. The number of benzene rings is 1. The Morgan fingerprint density at radius 2 is 2.06 bits per heavy atom. The van der Waals surface area contributed by atoms with Crippen LogP contribution < -0.4 is 11.1 Å². The predicted octanol–water partition coefficient (Wildman–Crippen LogP) is 1.62. The SMILES string of the molecule is CC(CCc1ccccc1)NC(=O)C1(N)CC1. The quantitative estimate of drug-likeness (QED) is 0.810. The Hall–Kier alpha value is -1.35. The van der Waals surface area contributed by atoms with Crippen LogP contribution in [0.4, 0.5) is 0 Å². The summed E-state index contributed by atoms with van der Waals surface area (Å²) in [6.45, 7) is 2.03. The van der Waals surface area contributed by atoms with Crippen molar-refractivity contribution in [3.63, 3.8) is 0 Å². The summed E-state index contributed by atoms with van der Waals surface area (Å²) in [5.41, 5.74) is 6.59. The first kappa shape index (κ1) is 12.1. The molecular weight excluding hydrogens is 212 g/mol. The molecule has 1 amide bonds. The van der Waals surface area contributed by atoms with Crippen molar-refractivity contribution in [3.05, 3.63) is 35.9 Å². The third-order valence-electron chi connectivity index (χ3n) is 3.33. The highest BCUT2D eigenvalue weighted by Crippen LogP contribution is 2.32. The van der Waals surface area contributed by atoms with Gasteiger partial charge in [-0.1, -0.05) is 30.3 Å². The van der Waals surface area contributed by atoms with Crippen molar-refractivity contribution in [2.45, 2.75) is 44.2 Å². The standard InChI is InChI=1S/C14H20N2O/c1-11(16-13(17)14(15)9-10-14)7-8-12-5-3-2-4-6-12/h2-6,11H,7-10,15H2,1H3,(H,16,17). The predicted molar refractivity (Wildman–Crippen MR) is 68.5 cm³/mol. The molecule has 0 aromatic heterocycles. The van der Waals surface area contributed by atoms with Gasteiger partial charge in [-0.15, -0.1) is 0 Å². The van der Waals surface area contributed by atoms with E-state index < -0.39 is 5.54 Å². The van der Waals surface area contributed by atoms with Crippen LogP contribution in [0.5, 0.6) is 0 Å². The van der Waals surface area contributed by atoms with Gasteiger partial charge in [0.05, 0.1) is 5.54 Å². The highest BCUT2D eigenvalue weighted by atomic mass is 16.2. The molecule has 3 nitrogen and oxygen atoms in total. The zero-order valence-electron chi connectivity index (χ0n) is 10.3. The van der Waals surface area contributed by atoms with Crippen LogP contribution in [0.2, 0.25) is 0 Å². The summed E-state index contributed by atoms with van der Waals surface area (Å²) in [4.78, 5) is 11.7. The topological polar surface area (TPSA) is 55.1 Å². The second kappa shape index (κ2) is 4.88. The molecule has 1 aromatic carbocycles. The van der Waals surface area contributed by atoms with Gasteiger partial charge in [0, 0.05) is 6.04 Å². The Kier molecular flexibility index (Phi) is 3.48. The fourth-order valence-electron chi connectivity index (χ4n) is 1.83. The number of amides is 1. The van der Waals surface area contributed by atoms with E-state index in [4.69, 9.17) is 5.73 Å². The van der Waals surface area contributed by atoms with E-state index in [-0.39, 0.29) is 11.9 Å². The Morgan fingerprint density at radius 1 is 1.41 bits per heavy atom. The molecule has 1 fully saturated rings. The van der Waals surface area contributed by atoms with Gasteiger partial charge in [-0.3, -0.25) is 4.79 Å². The van der Waals surface area contributed by atoms with Crippen LogP contribution in [0, 0.1) is 0 Å². The van der Waals surface area contributed by atoms with Gasteiger partial charge in [0.15, 0.2) is 0 Å². The molecule has 1 atom stereocenters. The van der Waals surface area contributed by atoms with Crippen molar-refractivity contribution in [1.29, 1.82) is 0 Å². The second-order valence-electron chi connectivity index (χ2n) is 5.05. The van der Waals surface area contributed by atoms with E-state index in [0.29, 0.717) is 0 Å². The maximum Gasteiger partial charge on any atom is 0.240 e. The lowest BCUT2D eigenvalue weighted by atomic mass is 10.1. The van der Waals surface area contributed by atoms with E-state index in [1.54, 1.807) is 0 Å². The van der Waals surface area contributed by atoms with Crippen LogP contribution in [0.3, 0.4) is 0 Å². The molecule has 0 heterocycles. The molecule has 1 unspecified atom stereocenters. The van der Waals surface area contributed by atoms with E-state index in [2.05, 4.69) is 17.4 Å². The minimum Gasteiger partial charge on any atom is -0.352 e. The first-order valence-electron chi connectivity index (χ1n) is 6.24. The minimum absolute atomic E-state index is 0.0121. The molecule has 0 aliphatic heterocycles. The molecule has 1 saturated carbocycles. The third-order valence-corrected chi connectivity index (χ3v) is 3.33. The molecule has 17 heavy (non-hydrogen) atoms. The minimum atomic E-state index is -0.555. The van der Waals surface area contributed by atoms with Crippen molar-refractivity contribution in [2.75, 3.05) is 0 Å². The Morgan fingerprint density at radius 3 is 2.65 bits per heavy atom. The number of nitrogens with one attached hydrogen (secondary N) is 1. The van der Waals surface area contributed by atoms with Crippen LogP contribution >= 0.6 is 0 Å². The molecule has 0 spiro atoms. The number of carbonyl (C=O) groups is 1. The molecule has 3 N–H and O–H groups in total. The number of rotatable bonds is 5. The highest BCUT2D eigenvalue weighted by Gasteiger charge is 2.46. The molecule has 92 valence electrons. The highest BCUT2D eigenvalue weighted by molar-refractivity contribution is 5.89. The summed E-state index contributed by atoms with van der Waals surface area (Å²) in [5.74, 6) is 0.0121. The van der Waals surface area contributed by atoms with Crippen LogP contribution in [0.1, 0.15) is 31.7 Å². The number of hydrogen-bond acceptors (Lipinski definition) is 2. The third kappa shape index (κ3) is 3.30. The van der Waals surface area contributed by atoms with E-state index in [1.165, 1.54) is 5.56 Å². The summed E-state index contributed by atoms with van der Waals surface area (Å²) >= 11 is 0. The summed E-state index contributed by atoms with van der Waals surface area (Å²) in [6.07, 6.45) is 3.58. The zero-order valence-corrected chi connectivity index (χ0v) is 10.3. The molecule has 2 rings (SSSR count). The first-order valence-corrected chi connectivity index (χ1v) is 6.24. The van der Waals surface area contributed by atoms with E-state index in [0.717, 1.165) is 25.7 Å². The Balaban J connectivity index is 1.74. The Labute approximate surface area is 102 Å². The van der Waals surface area contributed by atoms with Crippen LogP contribution in [0.25, 0.3) is 0 Å². The average molecular weight is 232 g/mol. The van der Waals surface area contributed by atoms with E-state index in [9.17, 15) is 4.79 Å². The molecular formula is C14H20N2O. The second-order valence-corrected chi connectivity index (χ2v) is 5.05. The molecule has 0 radical (unpaired) electrons. The summed E-state index contributed by atoms with van der Waals surface area (Å²) in [7, 11) is 0. The largest absolute Gasteiger partial charge is 0.352 e. The van der Waals surface area contributed by atoms with E-state index in [1.807, 2.05) is 25.1 Å². The van der Waals surface area contributed by atoms with Crippen molar-refractivity contribution in [1.82, 2.24) is 5.32 Å². The fourth-order valence-corrected chi connectivity index (χ4v) is 1.83. The van der Waals surface area contributed by atoms with Crippen LogP contribution in [0.15, 0.2) is 30.3 Å². The van der Waals surface area contributed by atoms with Crippen LogP contribution in [-0.4, -0.2) is 17.5 Å².